The lowest BCUT2D eigenvalue weighted by Crippen LogP contribution is -2.23. The van der Waals surface area contributed by atoms with Crippen LogP contribution < -0.4 is 5.73 Å². The van der Waals surface area contributed by atoms with E-state index in [1.165, 1.54) is 3.97 Å². The maximum absolute atomic E-state index is 11.5. The Balaban J connectivity index is 2.21. The molecule has 1 aromatic rings. The fourth-order valence-electron chi connectivity index (χ4n) is 1.78. The average Bonchev–Trinajstić information content (AvgIpc) is 2.74. The van der Waals surface area contributed by atoms with Crippen molar-refractivity contribution in [2.24, 2.45) is 5.73 Å². The van der Waals surface area contributed by atoms with Crippen LogP contribution in [0.4, 0.5) is 0 Å². The van der Waals surface area contributed by atoms with Crippen LogP contribution in [0.1, 0.15) is 25.0 Å². The zero-order valence-electron chi connectivity index (χ0n) is 9.11. The zero-order chi connectivity index (χ0) is 12.0. The van der Waals surface area contributed by atoms with E-state index < -0.39 is 10.0 Å². The SMILES string of the molecule is CS(=O)(=O)n1c(Cl)ccc1CCC1(N)CC1. The summed E-state index contributed by atoms with van der Waals surface area (Å²) in [4.78, 5) is 0. The van der Waals surface area contributed by atoms with Crippen molar-refractivity contribution in [2.45, 2.75) is 31.2 Å². The Kier molecular flexibility index (Phi) is 2.80. The van der Waals surface area contributed by atoms with Gasteiger partial charge in [0.1, 0.15) is 5.15 Å². The summed E-state index contributed by atoms with van der Waals surface area (Å²) in [5.41, 5.74) is 6.61. The number of hydrogen-bond donors (Lipinski definition) is 1. The maximum atomic E-state index is 11.5. The van der Waals surface area contributed by atoms with E-state index in [1.54, 1.807) is 12.1 Å². The molecule has 1 aromatic heterocycles. The highest BCUT2D eigenvalue weighted by Gasteiger charge is 2.37. The molecule has 4 nitrogen and oxygen atoms in total. The van der Waals surface area contributed by atoms with E-state index in [9.17, 15) is 8.42 Å². The molecule has 6 heteroatoms. The largest absolute Gasteiger partial charge is 0.325 e. The third-order valence-electron chi connectivity index (χ3n) is 2.97. The number of aryl methyl sites for hydroxylation is 1. The van der Waals surface area contributed by atoms with Crippen molar-refractivity contribution in [1.29, 1.82) is 0 Å². The molecule has 90 valence electrons. The van der Waals surface area contributed by atoms with Crippen molar-refractivity contribution in [3.63, 3.8) is 0 Å². The molecule has 0 aromatic carbocycles. The molecule has 0 bridgehead atoms. The van der Waals surface area contributed by atoms with Crippen LogP contribution in [0.15, 0.2) is 12.1 Å². The van der Waals surface area contributed by atoms with Crippen LogP contribution in [-0.4, -0.2) is 24.2 Å². The Morgan fingerprint density at radius 1 is 1.50 bits per heavy atom. The molecular formula is C10H15ClN2O2S. The Bertz CT molecular complexity index is 503. The Morgan fingerprint density at radius 2 is 2.12 bits per heavy atom. The van der Waals surface area contributed by atoms with Crippen LogP contribution in [0.5, 0.6) is 0 Å². The van der Waals surface area contributed by atoms with Crippen molar-refractivity contribution >= 4 is 21.6 Å². The van der Waals surface area contributed by atoms with Gasteiger partial charge in [-0.3, -0.25) is 0 Å². The first kappa shape index (κ1) is 12.0. The van der Waals surface area contributed by atoms with E-state index >= 15 is 0 Å². The summed E-state index contributed by atoms with van der Waals surface area (Å²) in [5.74, 6) is 0. The molecule has 1 fully saturated rings. The minimum Gasteiger partial charge on any atom is -0.325 e. The Morgan fingerprint density at radius 3 is 2.62 bits per heavy atom. The molecule has 0 unspecified atom stereocenters. The molecule has 0 spiro atoms. The smallest absolute Gasteiger partial charge is 0.237 e. The fourth-order valence-corrected chi connectivity index (χ4v) is 3.28. The van der Waals surface area contributed by atoms with Crippen molar-refractivity contribution in [2.75, 3.05) is 6.26 Å². The van der Waals surface area contributed by atoms with E-state index in [0.717, 1.165) is 25.5 Å². The highest BCUT2D eigenvalue weighted by atomic mass is 35.5. The highest BCUT2D eigenvalue weighted by molar-refractivity contribution is 7.89. The first-order valence-corrected chi connectivity index (χ1v) is 7.40. The van der Waals surface area contributed by atoms with Crippen LogP contribution in [0.25, 0.3) is 0 Å². The lowest BCUT2D eigenvalue weighted by molar-refractivity contribution is 0.580. The number of nitrogens with two attached hydrogens (primary N) is 1. The van der Waals surface area contributed by atoms with Crippen molar-refractivity contribution < 1.29 is 8.42 Å². The van der Waals surface area contributed by atoms with Gasteiger partial charge in [-0.25, -0.2) is 12.4 Å². The standard InChI is InChI=1S/C10H15ClN2O2S/c1-16(14,15)13-8(2-3-9(13)11)4-5-10(12)6-7-10/h2-3H,4-7,12H2,1H3. The molecule has 1 aliphatic carbocycles. The summed E-state index contributed by atoms with van der Waals surface area (Å²) in [7, 11) is -3.32. The van der Waals surface area contributed by atoms with Crippen LogP contribution in [-0.2, 0) is 16.4 Å². The molecular weight excluding hydrogens is 248 g/mol. The van der Waals surface area contributed by atoms with Gasteiger partial charge in [-0.2, -0.15) is 0 Å². The fraction of sp³-hybridized carbons (Fsp3) is 0.600. The van der Waals surface area contributed by atoms with Gasteiger partial charge in [0.2, 0.25) is 10.0 Å². The molecule has 0 amide bonds. The molecule has 2 N–H and O–H groups in total. The minimum atomic E-state index is -3.32. The van der Waals surface area contributed by atoms with Gasteiger partial charge >= 0.3 is 0 Å². The quantitative estimate of drug-likeness (QED) is 0.891. The van der Waals surface area contributed by atoms with Gasteiger partial charge in [0, 0.05) is 11.2 Å². The zero-order valence-corrected chi connectivity index (χ0v) is 10.7. The maximum Gasteiger partial charge on any atom is 0.237 e. The van der Waals surface area contributed by atoms with Gasteiger partial charge < -0.3 is 5.73 Å². The summed E-state index contributed by atoms with van der Waals surface area (Å²) >= 11 is 5.85. The summed E-state index contributed by atoms with van der Waals surface area (Å²) in [6.07, 6.45) is 4.66. The van der Waals surface area contributed by atoms with Crippen LogP contribution >= 0.6 is 11.6 Å². The van der Waals surface area contributed by atoms with Crippen LogP contribution in [0, 0.1) is 0 Å². The van der Waals surface area contributed by atoms with Crippen LogP contribution in [0.3, 0.4) is 0 Å². The third-order valence-corrected chi connectivity index (χ3v) is 4.46. The Hall–Kier alpha value is -0.520. The molecule has 0 atom stereocenters. The second kappa shape index (κ2) is 3.75. The van der Waals surface area contributed by atoms with Gasteiger partial charge in [-0.1, -0.05) is 11.6 Å². The predicted octanol–water partition coefficient (Wildman–Crippen LogP) is 1.37. The lowest BCUT2D eigenvalue weighted by atomic mass is 10.1. The van der Waals surface area contributed by atoms with Crippen LogP contribution in [0.2, 0.25) is 5.15 Å². The summed E-state index contributed by atoms with van der Waals surface area (Å²) in [5, 5.41) is 0.236. The minimum absolute atomic E-state index is 0.0704. The molecule has 2 rings (SSSR count). The molecule has 0 radical (unpaired) electrons. The first-order chi connectivity index (χ1) is 7.32. The van der Waals surface area contributed by atoms with Gasteiger partial charge in [0.05, 0.1) is 6.26 Å². The first-order valence-electron chi connectivity index (χ1n) is 5.17. The number of rotatable bonds is 4. The van der Waals surface area contributed by atoms with E-state index in [1.807, 2.05) is 0 Å². The number of halogens is 1. The van der Waals surface area contributed by atoms with E-state index in [2.05, 4.69) is 0 Å². The monoisotopic (exact) mass is 262 g/mol. The van der Waals surface area contributed by atoms with Gasteiger partial charge in [-0.15, -0.1) is 0 Å². The Labute approximate surface area is 100 Å². The summed E-state index contributed by atoms with van der Waals surface area (Å²) in [6.45, 7) is 0. The second-order valence-corrected chi connectivity index (χ2v) is 6.76. The molecule has 16 heavy (non-hydrogen) atoms. The predicted molar refractivity (Wildman–Crippen MR) is 64.2 cm³/mol. The number of hydrogen-bond acceptors (Lipinski definition) is 3. The van der Waals surface area contributed by atoms with Gasteiger partial charge in [0.15, 0.2) is 0 Å². The normalized spacial score (nSPS) is 18.7. The molecule has 0 saturated heterocycles. The number of aromatic nitrogens is 1. The topological polar surface area (TPSA) is 65.1 Å². The summed E-state index contributed by atoms with van der Waals surface area (Å²) in [6, 6.07) is 3.35. The molecule has 1 saturated carbocycles. The molecule has 0 aliphatic heterocycles. The van der Waals surface area contributed by atoms with E-state index in [-0.39, 0.29) is 10.7 Å². The number of nitrogens with zero attached hydrogens (tertiary/aromatic N) is 1. The van der Waals surface area contributed by atoms with Gasteiger partial charge in [0.25, 0.3) is 0 Å². The third kappa shape index (κ3) is 2.42. The lowest BCUT2D eigenvalue weighted by Gasteiger charge is -2.11. The van der Waals surface area contributed by atoms with E-state index in [0.29, 0.717) is 12.1 Å². The van der Waals surface area contributed by atoms with Crippen molar-refractivity contribution in [3.8, 4) is 0 Å². The van der Waals surface area contributed by atoms with Crippen molar-refractivity contribution in [3.05, 3.63) is 23.0 Å². The second-order valence-electron chi connectivity index (χ2n) is 4.54. The van der Waals surface area contributed by atoms with Gasteiger partial charge in [-0.05, 0) is 37.8 Å². The molecule has 1 aliphatic rings. The molecule has 1 heterocycles. The van der Waals surface area contributed by atoms with Crippen molar-refractivity contribution in [1.82, 2.24) is 3.97 Å². The van der Waals surface area contributed by atoms with E-state index in [4.69, 9.17) is 17.3 Å². The summed E-state index contributed by atoms with van der Waals surface area (Å²) < 4.78 is 24.2. The highest BCUT2D eigenvalue weighted by Crippen LogP contribution is 2.36. The average molecular weight is 263 g/mol.